The van der Waals surface area contributed by atoms with E-state index in [9.17, 15) is 0 Å². The molecular weight excluding hydrogens is 239 g/mol. The van der Waals surface area contributed by atoms with Crippen molar-refractivity contribution in [3.8, 4) is 0 Å². The number of fused-ring (bicyclic) bond motifs is 1. The van der Waals surface area contributed by atoms with Crippen LogP contribution < -0.4 is 5.46 Å². The Hall–Kier alpha value is -0.805. The van der Waals surface area contributed by atoms with E-state index in [1.54, 1.807) is 0 Å². The minimum atomic E-state index is -0.275. The summed E-state index contributed by atoms with van der Waals surface area (Å²) in [6.45, 7) is 9.47. The lowest BCUT2D eigenvalue weighted by Gasteiger charge is -2.32. The van der Waals surface area contributed by atoms with Crippen LogP contribution in [0.25, 0.3) is 0 Å². The highest BCUT2D eigenvalue weighted by molar-refractivity contribution is 6.62. The van der Waals surface area contributed by atoms with Crippen molar-refractivity contribution in [2.24, 2.45) is 5.41 Å². The van der Waals surface area contributed by atoms with E-state index in [0.29, 0.717) is 5.41 Å². The van der Waals surface area contributed by atoms with Gasteiger partial charge in [0.2, 0.25) is 0 Å². The molecule has 19 heavy (non-hydrogen) atoms. The molecule has 0 amide bonds. The summed E-state index contributed by atoms with van der Waals surface area (Å²) in [5.74, 6) is 0. The highest BCUT2D eigenvalue weighted by Crippen LogP contribution is 2.53. The van der Waals surface area contributed by atoms with Gasteiger partial charge < -0.3 is 9.31 Å². The number of hydrogen-bond donors (Lipinski definition) is 0. The maximum Gasteiger partial charge on any atom is 0.498 e. The molecule has 3 aliphatic rings. The third-order valence-electron chi connectivity index (χ3n) is 5.47. The van der Waals surface area contributed by atoms with Crippen molar-refractivity contribution in [2.75, 3.05) is 0 Å². The molecule has 4 rings (SSSR count). The van der Waals surface area contributed by atoms with E-state index in [1.807, 2.05) is 6.20 Å². The van der Waals surface area contributed by atoms with Crippen molar-refractivity contribution in [1.82, 2.24) is 9.78 Å². The standard InChI is InChI=1S/C14H21BN2O2/c1-12(2)13(3,4)19-15(18-12)10-8-16-17-9-14(5-6-14)7-11(10)17/h8H,5-7,9H2,1-4H3. The fourth-order valence-corrected chi connectivity index (χ4v) is 3.16. The summed E-state index contributed by atoms with van der Waals surface area (Å²) in [6.07, 6.45) is 5.78. The Kier molecular flexibility index (Phi) is 2.05. The molecular formula is C14H21BN2O2. The monoisotopic (exact) mass is 260 g/mol. The molecule has 0 unspecified atom stereocenters. The molecule has 1 spiro atoms. The first kappa shape index (κ1) is 12.0. The van der Waals surface area contributed by atoms with Gasteiger partial charge in [0.05, 0.1) is 11.2 Å². The third-order valence-corrected chi connectivity index (χ3v) is 5.47. The topological polar surface area (TPSA) is 36.3 Å². The first-order valence-corrected chi connectivity index (χ1v) is 7.22. The van der Waals surface area contributed by atoms with E-state index in [0.717, 1.165) is 18.4 Å². The summed E-state index contributed by atoms with van der Waals surface area (Å²) in [6, 6.07) is 0. The van der Waals surface area contributed by atoms with Crippen molar-refractivity contribution in [3.63, 3.8) is 0 Å². The zero-order valence-corrected chi connectivity index (χ0v) is 12.2. The van der Waals surface area contributed by atoms with Crippen LogP contribution in [0, 0.1) is 5.41 Å². The molecule has 5 heteroatoms. The summed E-state index contributed by atoms with van der Waals surface area (Å²) in [5, 5.41) is 4.53. The van der Waals surface area contributed by atoms with Gasteiger partial charge in [-0.25, -0.2) is 0 Å². The quantitative estimate of drug-likeness (QED) is 0.718. The minimum absolute atomic E-state index is 0.261. The first-order valence-electron chi connectivity index (χ1n) is 7.22. The summed E-state index contributed by atoms with van der Waals surface area (Å²) in [4.78, 5) is 0. The molecule has 0 N–H and O–H groups in total. The largest absolute Gasteiger partial charge is 0.498 e. The Balaban J connectivity index is 1.66. The number of hydrogen-bond acceptors (Lipinski definition) is 3. The van der Waals surface area contributed by atoms with Gasteiger partial charge >= 0.3 is 7.12 Å². The van der Waals surface area contributed by atoms with Gasteiger partial charge in [0.25, 0.3) is 0 Å². The number of aromatic nitrogens is 2. The summed E-state index contributed by atoms with van der Waals surface area (Å²) < 4.78 is 14.5. The normalized spacial score (nSPS) is 28.9. The fourth-order valence-electron chi connectivity index (χ4n) is 3.16. The van der Waals surface area contributed by atoms with Gasteiger partial charge in [0.15, 0.2) is 0 Å². The summed E-state index contributed by atoms with van der Waals surface area (Å²) in [7, 11) is -0.261. The van der Waals surface area contributed by atoms with Crippen LogP contribution in [0.15, 0.2) is 6.20 Å². The average Bonchev–Trinajstić information content (AvgIpc) is 2.65. The third kappa shape index (κ3) is 1.58. The van der Waals surface area contributed by atoms with Crippen LogP contribution in [0.2, 0.25) is 0 Å². The van der Waals surface area contributed by atoms with Gasteiger partial charge in [-0.2, -0.15) is 5.10 Å². The van der Waals surface area contributed by atoms with Gasteiger partial charge in [0, 0.05) is 23.9 Å². The molecule has 1 saturated carbocycles. The zero-order chi connectivity index (χ0) is 13.5. The molecule has 102 valence electrons. The van der Waals surface area contributed by atoms with E-state index in [-0.39, 0.29) is 18.3 Å². The molecule has 0 aromatic carbocycles. The van der Waals surface area contributed by atoms with Crippen LogP contribution in [0.1, 0.15) is 46.2 Å². The second kappa shape index (κ2) is 3.26. The molecule has 0 bridgehead atoms. The molecule has 3 heterocycles. The van der Waals surface area contributed by atoms with Crippen molar-refractivity contribution in [3.05, 3.63) is 11.9 Å². The van der Waals surface area contributed by atoms with Crippen LogP contribution in [0.3, 0.4) is 0 Å². The maximum atomic E-state index is 6.15. The molecule has 1 aliphatic carbocycles. The summed E-state index contributed by atoms with van der Waals surface area (Å²) >= 11 is 0. The number of rotatable bonds is 1. The summed E-state index contributed by atoms with van der Waals surface area (Å²) in [5.41, 5.74) is 2.45. The van der Waals surface area contributed by atoms with Crippen LogP contribution >= 0.6 is 0 Å². The maximum absolute atomic E-state index is 6.15. The first-order chi connectivity index (χ1) is 8.82. The molecule has 1 aromatic heterocycles. The van der Waals surface area contributed by atoms with Crippen LogP contribution in [-0.4, -0.2) is 28.1 Å². The van der Waals surface area contributed by atoms with Crippen molar-refractivity contribution in [2.45, 2.75) is 64.7 Å². The van der Waals surface area contributed by atoms with E-state index < -0.39 is 0 Å². The van der Waals surface area contributed by atoms with Crippen LogP contribution in [0.5, 0.6) is 0 Å². The van der Waals surface area contributed by atoms with Crippen LogP contribution in [0.4, 0.5) is 0 Å². The predicted molar refractivity (Wildman–Crippen MR) is 73.3 cm³/mol. The van der Waals surface area contributed by atoms with E-state index in [4.69, 9.17) is 9.31 Å². The second-order valence-electron chi connectivity index (χ2n) is 7.47. The Labute approximate surface area is 114 Å². The van der Waals surface area contributed by atoms with Gasteiger partial charge in [-0.05, 0) is 52.4 Å². The highest BCUT2D eigenvalue weighted by atomic mass is 16.7. The molecule has 0 atom stereocenters. The van der Waals surface area contributed by atoms with Gasteiger partial charge in [-0.15, -0.1) is 0 Å². The van der Waals surface area contributed by atoms with Crippen molar-refractivity contribution in [1.29, 1.82) is 0 Å². The molecule has 1 aromatic rings. The molecule has 2 fully saturated rings. The molecule has 2 aliphatic heterocycles. The van der Waals surface area contributed by atoms with Gasteiger partial charge in [-0.3, -0.25) is 4.68 Å². The Bertz CT molecular complexity index is 530. The molecule has 4 nitrogen and oxygen atoms in total. The Morgan fingerprint density at radius 1 is 1.16 bits per heavy atom. The van der Waals surface area contributed by atoms with E-state index in [1.165, 1.54) is 18.5 Å². The minimum Gasteiger partial charge on any atom is -0.399 e. The SMILES string of the molecule is CC1(C)OB(c2cnn3c2CC2(CC2)C3)OC1(C)C. The van der Waals surface area contributed by atoms with E-state index >= 15 is 0 Å². The smallest absolute Gasteiger partial charge is 0.399 e. The van der Waals surface area contributed by atoms with Crippen LogP contribution in [-0.2, 0) is 22.3 Å². The molecule has 0 radical (unpaired) electrons. The van der Waals surface area contributed by atoms with Crippen molar-refractivity contribution < 1.29 is 9.31 Å². The highest BCUT2D eigenvalue weighted by Gasteiger charge is 2.55. The fraction of sp³-hybridized carbons (Fsp3) is 0.786. The molecule has 1 saturated heterocycles. The van der Waals surface area contributed by atoms with Gasteiger partial charge in [-0.1, -0.05) is 0 Å². The number of nitrogens with zero attached hydrogens (tertiary/aromatic N) is 2. The average molecular weight is 260 g/mol. The predicted octanol–water partition coefficient (Wildman–Crippen LogP) is 1.52. The van der Waals surface area contributed by atoms with Gasteiger partial charge in [0.1, 0.15) is 0 Å². The Morgan fingerprint density at radius 2 is 1.79 bits per heavy atom. The Morgan fingerprint density at radius 3 is 2.37 bits per heavy atom. The zero-order valence-electron chi connectivity index (χ0n) is 12.2. The lowest BCUT2D eigenvalue weighted by atomic mass is 9.78. The lowest BCUT2D eigenvalue weighted by Crippen LogP contribution is -2.41. The second-order valence-corrected chi connectivity index (χ2v) is 7.47. The van der Waals surface area contributed by atoms with Crippen molar-refractivity contribution >= 4 is 12.6 Å². The lowest BCUT2D eigenvalue weighted by molar-refractivity contribution is 0.00578. The van der Waals surface area contributed by atoms with E-state index in [2.05, 4.69) is 37.5 Å².